The van der Waals surface area contributed by atoms with Gasteiger partial charge in [-0.1, -0.05) is 84.8 Å². The largest absolute Gasteiger partial charge is 1.00 e. The van der Waals surface area contributed by atoms with Crippen LogP contribution < -0.4 is 24.8 Å². The summed E-state index contributed by atoms with van der Waals surface area (Å²) < 4.78 is 1.51. The minimum Gasteiger partial charge on any atom is -1.00 e. The molecule has 150 valence electrons. The van der Waals surface area contributed by atoms with Gasteiger partial charge in [-0.25, -0.2) is 6.08 Å². The Balaban J connectivity index is 0.000000494. The van der Waals surface area contributed by atoms with Crippen molar-refractivity contribution in [2.24, 2.45) is 0 Å². The number of hydrogen-bond acceptors (Lipinski definition) is 0. The first kappa shape index (κ1) is 24.7. The van der Waals surface area contributed by atoms with Crippen LogP contribution in [0.1, 0.15) is 53.5 Å². The van der Waals surface area contributed by atoms with Gasteiger partial charge < -0.3 is 24.8 Å². The molecule has 3 heteroatoms. The Morgan fingerprint density at radius 3 is 1.93 bits per heavy atom. The molecule has 0 fully saturated rings. The van der Waals surface area contributed by atoms with Gasteiger partial charge >= 0.3 is 41.3 Å². The molecule has 30 heavy (non-hydrogen) atoms. The van der Waals surface area contributed by atoms with Crippen LogP contribution in [0.4, 0.5) is 0 Å². The molecule has 0 saturated heterocycles. The van der Waals surface area contributed by atoms with Crippen molar-refractivity contribution in [2.75, 3.05) is 0 Å². The molecule has 2 unspecified atom stereocenters. The molecule has 0 N–H and O–H groups in total. The topological polar surface area (TPSA) is 0 Å². The Labute approximate surface area is 207 Å². The third kappa shape index (κ3) is 5.20. The summed E-state index contributed by atoms with van der Waals surface area (Å²) >= 11 is 1.55. The van der Waals surface area contributed by atoms with Crippen LogP contribution >= 0.6 is 0 Å². The van der Waals surface area contributed by atoms with E-state index in [1.807, 2.05) is 0 Å². The third-order valence-corrected chi connectivity index (χ3v) is 5.17. The van der Waals surface area contributed by atoms with E-state index in [0.717, 1.165) is 0 Å². The number of rotatable bonds is 2. The van der Waals surface area contributed by atoms with Gasteiger partial charge in [0, 0.05) is 5.92 Å². The molecule has 0 radical (unpaired) electrons. The van der Waals surface area contributed by atoms with Crippen LogP contribution in [0.15, 0.2) is 78.9 Å². The molecule has 2 aliphatic carbocycles. The monoisotopic (exact) mass is 507 g/mol. The summed E-state index contributed by atoms with van der Waals surface area (Å²) in [4.78, 5) is 0. The van der Waals surface area contributed by atoms with E-state index in [-0.39, 0.29) is 30.7 Å². The van der Waals surface area contributed by atoms with Crippen molar-refractivity contribution in [3.05, 3.63) is 113 Å². The molecule has 3 aromatic carbocycles. The molecular formula is C27H23Cl2Zr-. The predicted molar refractivity (Wildman–Crippen MR) is 117 cm³/mol. The van der Waals surface area contributed by atoms with Crippen LogP contribution in [0, 0.1) is 6.08 Å². The maximum absolute atomic E-state index is 3.64. The average molecular weight is 510 g/mol. The minimum absolute atomic E-state index is 0. The van der Waals surface area contributed by atoms with E-state index in [2.05, 4.69) is 111 Å². The zero-order valence-corrected chi connectivity index (χ0v) is 21.0. The van der Waals surface area contributed by atoms with Crippen LogP contribution in [-0.2, 0) is 24.2 Å². The molecule has 2 atom stereocenters. The van der Waals surface area contributed by atoms with E-state index in [0.29, 0.717) is 5.92 Å². The van der Waals surface area contributed by atoms with Gasteiger partial charge in [0.2, 0.25) is 0 Å². The second-order valence-electron chi connectivity index (χ2n) is 7.49. The standard InChI is InChI=1S/C24H17.C3H6.2ClH.Zr/c1-2-8-17(9-3-1)23-16-19-11-5-7-13-21(19)24(23)22-15-14-18-10-4-6-12-20(18)22;1-3-2;;;/h1-14,16,22,24H;1-2H3;2*1H;/q-1;;;;+2/p-2. The normalized spacial score (nSPS) is 17.4. The first-order chi connectivity index (χ1) is 13.6. The molecule has 0 heterocycles. The van der Waals surface area contributed by atoms with Crippen molar-refractivity contribution < 1.29 is 49.0 Å². The summed E-state index contributed by atoms with van der Waals surface area (Å²) in [6.07, 6.45) is 8.15. The number of fused-ring (bicyclic) bond motifs is 2. The summed E-state index contributed by atoms with van der Waals surface area (Å²) in [7, 11) is 0. The van der Waals surface area contributed by atoms with Crippen LogP contribution in [-0.4, -0.2) is 3.21 Å². The SMILES string of the molecule is C[C](C)=[Zr+2].[C-]1=Cc2ccccc2C1C1C(c2ccccc2)=Cc2ccccc21.[Cl-].[Cl-]. The van der Waals surface area contributed by atoms with E-state index < -0.39 is 0 Å². The number of allylic oxidation sites excluding steroid dienone is 2. The van der Waals surface area contributed by atoms with Crippen LogP contribution in [0.5, 0.6) is 0 Å². The summed E-state index contributed by atoms with van der Waals surface area (Å²) in [6, 6.07) is 28.2. The molecule has 0 spiro atoms. The van der Waals surface area contributed by atoms with E-state index in [9.17, 15) is 0 Å². The summed E-state index contributed by atoms with van der Waals surface area (Å²) in [5, 5.41) is 0. The molecule has 0 saturated carbocycles. The van der Waals surface area contributed by atoms with Gasteiger partial charge in [0.05, 0.1) is 0 Å². The summed E-state index contributed by atoms with van der Waals surface area (Å²) in [6.45, 7) is 4.25. The molecule has 0 aromatic heterocycles. The van der Waals surface area contributed by atoms with Crippen molar-refractivity contribution in [2.45, 2.75) is 25.7 Å². The van der Waals surface area contributed by atoms with Crippen molar-refractivity contribution in [1.82, 2.24) is 0 Å². The molecule has 3 aromatic rings. The Morgan fingerprint density at radius 1 is 0.733 bits per heavy atom. The maximum atomic E-state index is 3.64. The fourth-order valence-corrected chi connectivity index (χ4v) is 4.07. The number of benzene rings is 3. The van der Waals surface area contributed by atoms with Gasteiger partial charge in [-0.15, -0.1) is 11.6 Å². The number of hydrogen-bond donors (Lipinski definition) is 0. The first-order valence-corrected chi connectivity index (χ1v) is 10.9. The molecule has 0 bridgehead atoms. The van der Waals surface area contributed by atoms with Crippen LogP contribution in [0.25, 0.3) is 17.7 Å². The van der Waals surface area contributed by atoms with E-state index in [1.165, 1.54) is 36.6 Å². The molecule has 5 rings (SSSR count). The summed E-state index contributed by atoms with van der Waals surface area (Å²) in [5.74, 6) is 0.625. The van der Waals surface area contributed by atoms with E-state index >= 15 is 0 Å². The molecule has 0 aliphatic heterocycles. The maximum Gasteiger partial charge on any atom is 0.00291 e. The smallest absolute Gasteiger partial charge is 0.00291 e. The van der Waals surface area contributed by atoms with Crippen molar-refractivity contribution in [3.63, 3.8) is 0 Å². The second-order valence-corrected chi connectivity index (χ2v) is 9.95. The molecule has 0 amide bonds. The fraction of sp³-hybridized carbons (Fsp3) is 0.148. The minimum atomic E-state index is 0. The zero-order chi connectivity index (χ0) is 19.5. The predicted octanol–water partition coefficient (Wildman–Crippen LogP) is 0.692. The molecule has 0 nitrogen and oxygen atoms in total. The summed E-state index contributed by atoms with van der Waals surface area (Å²) in [5.41, 5.74) is 8.16. The Morgan fingerprint density at radius 2 is 1.27 bits per heavy atom. The average Bonchev–Trinajstić information content (AvgIpc) is 3.29. The molecule has 2 aliphatic rings. The van der Waals surface area contributed by atoms with Gasteiger partial charge in [-0.05, 0) is 22.3 Å². The Hall–Kier alpha value is -1.53. The van der Waals surface area contributed by atoms with Crippen molar-refractivity contribution >= 4 is 20.9 Å². The van der Waals surface area contributed by atoms with Gasteiger partial charge in [-0.2, -0.15) is 5.56 Å². The fourth-order valence-electron chi connectivity index (χ4n) is 4.07. The van der Waals surface area contributed by atoms with Gasteiger partial charge in [0.25, 0.3) is 0 Å². The molecular weight excluding hydrogens is 486 g/mol. The zero-order valence-electron chi connectivity index (χ0n) is 17.1. The van der Waals surface area contributed by atoms with Gasteiger partial charge in [-0.3, -0.25) is 6.08 Å². The van der Waals surface area contributed by atoms with E-state index in [1.54, 1.807) is 24.2 Å². The third-order valence-electron chi connectivity index (χ3n) is 5.17. The number of halogens is 2. The quantitative estimate of drug-likeness (QED) is 0.446. The van der Waals surface area contributed by atoms with Crippen molar-refractivity contribution in [3.8, 4) is 0 Å². The van der Waals surface area contributed by atoms with Crippen LogP contribution in [0.2, 0.25) is 0 Å². The van der Waals surface area contributed by atoms with Crippen LogP contribution in [0.3, 0.4) is 0 Å². The Kier molecular flexibility index (Phi) is 9.23. The second kappa shape index (κ2) is 11.2. The Bertz CT molecular complexity index is 1060. The van der Waals surface area contributed by atoms with Gasteiger partial charge in [0.15, 0.2) is 0 Å². The van der Waals surface area contributed by atoms with E-state index in [4.69, 9.17) is 0 Å². The van der Waals surface area contributed by atoms with Crippen molar-refractivity contribution in [1.29, 1.82) is 0 Å². The first-order valence-electron chi connectivity index (χ1n) is 9.71. The van der Waals surface area contributed by atoms with Gasteiger partial charge in [0.1, 0.15) is 0 Å².